The summed E-state index contributed by atoms with van der Waals surface area (Å²) in [5, 5.41) is 3.63. The highest BCUT2D eigenvalue weighted by Crippen LogP contribution is 2.10. The van der Waals surface area contributed by atoms with Crippen LogP contribution in [0.2, 0.25) is 0 Å². The van der Waals surface area contributed by atoms with E-state index in [9.17, 15) is 0 Å². The van der Waals surface area contributed by atoms with Crippen molar-refractivity contribution < 1.29 is 0 Å². The molecule has 1 atom stereocenters. The summed E-state index contributed by atoms with van der Waals surface area (Å²) >= 11 is 0. The van der Waals surface area contributed by atoms with Crippen molar-refractivity contribution in [2.75, 3.05) is 20.1 Å². The normalized spacial score (nSPS) is 18.9. The molecular weight excluding hydrogens is 232 g/mol. The molecule has 0 radical (unpaired) electrons. The van der Waals surface area contributed by atoms with Gasteiger partial charge in [-0.2, -0.15) is 0 Å². The third-order valence-electron chi connectivity index (χ3n) is 3.67. The van der Waals surface area contributed by atoms with Crippen molar-refractivity contribution in [1.82, 2.24) is 10.2 Å². The first-order chi connectivity index (χ1) is 9.34. The maximum absolute atomic E-state index is 3.63. The third kappa shape index (κ3) is 5.58. The summed E-state index contributed by atoms with van der Waals surface area (Å²) in [4.78, 5) is 2.40. The van der Waals surface area contributed by atoms with Crippen molar-refractivity contribution in [1.29, 1.82) is 0 Å². The van der Waals surface area contributed by atoms with Gasteiger partial charge in [0.05, 0.1) is 0 Å². The zero-order valence-corrected chi connectivity index (χ0v) is 12.0. The predicted molar refractivity (Wildman–Crippen MR) is 82.2 cm³/mol. The second-order valence-corrected chi connectivity index (χ2v) is 5.50. The molecule has 1 aromatic carbocycles. The minimum atomic E-state index is 0.619. The molecule has 2 nitrogen and oxygen atoms in total. The largest absolute Gasteiger partial charge is 0.310 e. The molecule has 1 aliphatic rings. The van der Waals surface area contributed by atoms with Gasteiger partial charge < -0.3 is 10.2 Å². The van der Waals surface area contributed by atoms with Crippen molar-refractivity contribution in [3.8, 4) is 0 Å². The molecule has 0 fully saturated rings. The first-order valence-corrected chi connectivity index (χ1v) is 7.47. The van der Waals surface area contributed by atoms with Gasteiger partial charge >= 0.3 is 0 Å². The lowest BCUT2D eigenvalue weighted by atomic mass is 10.0. The topological polar surface area (TPSA) is 15.3 Å². The molecule has 0 saturated heterocycles. The Morgan fingerprint density at radius 3 is 2.84 bits per heavy atom. The summed E-state index contributed by atoms with van der Waals surface area (Å²) < 4.78 is 0. The van der Waals surface area contributed by atoms with Crippen LogP contribution < -0.4 is 5.32 Å². The van der Waals surface area contributed by atoms with Crippen molar-refractivity contribution in [2.24, 2.45) is 0 Å². The number of benzene rings is 1. The average Bonchev–Trinajstić information content (AvgIpc) is 2.46. The number of nitrogens with one attached hydrogen (secondary N) is 1. The fourth-order valence-corrected chi connectivity index (χ4v) is 2.59. The van der Waals surface area contributed by atoms with Gasteiger partial charge in [0.1, 0.15) is 0 Å². The molecule has 1 N–H and O–H groups in total. The van der Waals surface area contributed by atoms with E-state index in [0.717, 1.165) is 19.6 Å². The molecule has 2 rings (SSSR count). The van der Waals surface area contributed by atoms with Crippen LogP contribution in [0.4, 0.5) is 0 Å². The number of hydrogen-bond donors (Lipinski definition) is 1. The molecule has 0 bridgehead atoms. The molecule has 1 aromatic rings. The number of rotatable bonds is 7. The van der Waals surface area contributed by atoms with Crippen LogP contribution in [0, 0.1) is 0 Å². The van der Waals surface area contributed by atoms with Crippen LogP contribution >= 0.6 is 0 Å². The van der Waals surface area contributed by atoms with Crippen LogP contribution in [0.25, 0.3) is 0 Å². The second-order valence-electron chi connectivity index (χ2n) is 5.50. The molecule has 0 amide bonds. The fraction of sp³-hybridized carbons (Fsp3) is 0.529. The quantitative estimate of drug-likeness (QED) is 0.597. The van der Waals surface area contributed by atoms with Crippen LogP contribution in [0.15, 0.2) is 42.5 Å². The van der Waals surface area contributed by atoms with Crippen LogP contribution in [0.5, 0.6) is 0 Å². The number of allylic oxidation sites excluding steroid dienone is 1. The zero-order chi connectivity index (χ0) is 13.3. The summed E-state index contributed by atoms with van der Waals surface area (Å²) in [7, 11) is 2.20. The Morgan fingerprint density at radius 2 is 2.11 bits per heavy atom. The predicted octanol–water partition coefficient (Wildman–Crippen LogP) is 3.21. The van der Waals surface area contributed by atoms with E-state index in [1.165, 1.54) is 31.2 Å². The van der Waals surface area contributed by atoms with Gasteiger partial charge in [0, 0.05) is 12.6 Å². The SMILES string of the molecule is CN(CCCNC1C=CCCC1)Cc1ccccc1. The van der Waals surface area contributed by atoms with Gasteiger partial charge in [-0.05, 0) is 51.4 Å². The lowest BCUT2D eigenvalue weighted by Gasteiger charge is -2.20. The van der Waals surface area contributed by atoms with Crippen molar-refractivity contribution >= 4 is 0 Å². The first kappa shape index (κ1) is 14.3. The van der Waals surface area contributed by atoms with Gasteiger partial charge in [-0.3, -0.25) is 0 Å². The maximum atomic E-state index is 3.63. The molecule has 1 unspecified atom stereocenters. The fourth-order valence-electron chi connectivity index (χ4n) is 2.59. The maximum Gasteiger partial charge on any atom is 0.0250 e. The van der Waals surface area contributed by atoms with Crippen LogP contribution in [-0.4, -0.2) is 31.1 Å². The van der Waals surface area contributed by atoms with E-state index in [4.69, 9.17) is 0 Å². The van der Waals surface area contributed by atoms with E-state index < -0.39 is 0 Å². The van der Waals surface area contributed by atoms with Gasteiger partial charge in [-0.15, -0.1) is 0 Å². The summed E-state index contributed by atoms with van der Waals surface area (Å²) in [6.07, 6.45) is 9.75. The zero-order valence-electron chi connectivity index (χ0n) is 12.0. The Balaban J connectivity index is 1.57. The Bertz CT molecular complexity index is 372. The molecule has 0 aromatic heterocycles. The Morgan fingerprint density at radius 1 is 1.26 bits per heavy atom. The van der Waals surface area contributed by atoms with E-state index in [1.807, 2.05) is 0 Å². The van der Waals surface area contributed by atoms with E-state index in [-0.39, 0.29) is 0 Å². The van der Waals surface area contributed by atoms with Crippen LogP contribution in [0.1, 0.15) is 31.2 Å². The van der Waals surface area contributed by atoms with Gasteiger partial charge in [-0.1, -0.05) is 42.5 Å². The standard InChI is InChI=1S/C17H26N2/c1-19(15-16-9-4-2-5-10-16)14-8-13-18-17-11-6-3-7-12-17/h2,4-6,9-11,17-18H,3,7-8,12-15H2,1H3. The highest BCUT2D eigenvalue weighted by molar-refractivity contribution is 5.14. The highest BCUT2D eigenvalue weighted by Gasteiger charge is 2.06. The molecule has 1 aliphatic carbocycles. The second kappa shape index (κ2) is 8.13. The minimum absolute atomic E-state index is 0.619. The monoisotopic (exact) mass is 258 g/mol. The Labute approximate surface area is 117 Å². The number of hydrogen-bond acceptors (Lipinski definition) is 2. The van der Waals surface area contributed by atoms with Gasteiger partial charge in [0.2, 0.25) is 0 Å². The van der Waals surface area contributed by atoms with Crippen molar-refractivity contribution in [3.63, 3.8) is 0 Å². The van der Waals surface area contributed by atoms with E-state index >= 15 is 0 Å². The van der Waals surface area contributed by atoms with Crippen molar-refractivity contribution in [2.45, 2.75) is 38.3 Å². The van der Waals surface area contributed by atoms with Crippen LogP contribution in [-0.2, 0) is 6.54 Å². The average molecular weight is 258 g/mol. The number of nitrogens with zero attached hydrogens (tertiary/aromatic N) is 1. The molecule has 2 heteroatoms. The molecule has 0 spiro atoms. The molecule has 0 saturated carbocycles. The van der Waals surface area contributed by atoms with Crippen molar-refractivity contribution in [3.05, 3.63) is 48.0 Å². The van der Waals surface area contributed by atoms with Gasteiger partial charge in [-0.25, -0.2) is 0 Å². The Kier molecular flexibility index (Phi) is 6.12. The van der Waals surface area contributed by atoms with E-state index in [0.29, 0.717) is 6.04 Å². The smallest absolute Gasteiger partial charge is 0.0250 e. The molecular formula is C17H26N2. The third-order valence-corrected chi connectivity index (χ3v) is 3.67. The summed E-state index contributed by atoms with van der Waals surface area (Å²) in [6.45, 7) is 3.32. The summed E-state index contributed by atoms with van der Waals surface area (Å²) in [5.41, 5.74) is 1.40. The van der Waals surface area contributed by atoms with E-state index in [1.54, 1.807) is 0 Å². The molecule has 104 valence electrons. The first-order valence-electron chi connectivity index (χ1n) is 7.47. The lowest BCUT2D eigenvalue weighted by Crippen LogP contribution is -2.31. The van der Waals surface area contributed by atoms with Gasteiger partial charge in [0.15, 0.2) is 0 Å². The summed E-state index contributed by atoms with van der Waals surface area (Å²) in [5.74, 6) is 0. The molecule has 19 heavy (non-hydrogen) atoms. The van der Waals surface area contributed by atoms with Crippen LogP contribution in [0.3, 0.4) is 0 Å². The van der Waals surface area contributed by atoms with Gasteiger partial charge in [0.25, 0.3) is 0 Å². The lowest BCUT2D eigenvalue weighted by molar-refractivity contribution is 0.317. The Hall–Kier alpha value is -1.12. The molecule has 0 aliphatic heterocycles. The highest BCUT2D eigenvalue weighted by atomic mass is 15.1. The minimum Gasteiger partial charge on any atom is -0.310 e. The molecule has 0 heterocycles. The van der Waals surface area contributed by atoms with E-state index in [2.05, 4.69) is 59.7 Å². The summed E-state index contributed by atoms with van der Waals surface area (Å²) in [6, 6.07) is 11.3.